The highest BCUT2D eigenvalue weighted by Crippen LogP contribution is 2.21. The average molecular weight is 187 g/mol. The van der Waals surface area contributed by atoms with Gasteiger partial charge in [-0.2, -0.15) is 0 Å². The van der Waals surface area contributed by atoms with Crippen LogP contribution in [-0.4, -0.2) is 19.1 Å². The Kier molecular flexibility index (Phi) is 2.79. The average Bonchev–Trinajstić information content (AvgIpc) is 2.08. The van der Waals surface area contributed by atoms with Crippen LogP contribution in [0.2, 0.25) is 0 Å². The third-order valence-corrected chi connectivity index (χ3v) is 1.95. The number of hydrogen-bond acceptors (Lipinski definition) is 2. The van der Waals surface area contributed by atoms with Crippen LogP contribution in [0.4, 0.5) is 4.39 Å². The quantitative estimate of drug-likeness (QED) is 0.587. The predicted molar refractivity (Wildman–Crippen MR) is 43.6 cm³/mol. The molecule has 0 heterocycles. The van der Waals surface area contributed by atoms with Crippen molar-refractivity contribution in [2.24, 2.45) is 11.7 Å². The molecule has 1 aliphatic rings. The molecule has 0 aromatic carbocycles. The van der Waals surface area contributed by atoms with Crippen LogP contribution < -0.4 is 11.5 Å². The number of carbonyl (C=O) groups excluding carboxylic acids is 1. The minimum Gasteiger partial charge on any atom is -0.376 e. The second kappa shape index (κ2) is 3.68. The number of carbonyl (C=O) groups is 1. The molecule has 1 aliphatic carbocycles. The second-order valence-corrected chi connectivity index (χ2v) is 2.83. The summed E-state index contributed by atoms with van der Waals surface area (Å²) in [5.41, 5.74) is 8.71. The molecule has 5 heteroatoms. The molecule has 1 rings (SSSR count). The van der Waals surface area contributed by atoms with Gasteiger partial charge in [0.2, 0.25) is 5.91 Å². The highest BCUT2D eigenvalue weighted by atomic mass is 19.1. The van der Waals surface area contributed by atoms with E-state index in [0.717, 1.165) is 0 Å². The molecule has 4 nitrogen and oxygen atoms in total. The first-order chi connectivity index (χ1) is 6.06. The standard InChI is InChI=1S/C8H11FN2O2/c1-13-7-3-5(9)6(10)2-4(7)8(11)12/h2-4,7H,10H2,1H3,(H2,11,12)/p+1. The normalized spacial score (nSPS) is 27.9. The van der Waals surface area contributed by atoms with Crippen molar-refractivity contribution in [2.45, 2.75) is 6.10 Å². The van der Waals surface area contributed by atoms with Crippen molar-refractivity contribution in [1.82, 2.24) is 0 Å². The zero-order valence-corrected chi connectivity index (χ0v) is 7.29. The smallest absolute Gasteiger partial charge is 0.227 e. The highest BCUT2D eigenvalue weighted by Gasteiger charge is 2.29. The van der Waals surface area contributed by atoms with Gasteiger partial charge in [0, 0.05) is 7.11 Å². The summed E-state index contributed by atoms with van der Waals surface area (Å²) in [4.78, 5) is 10.9. The number of allylic oxidation sites excluding steroid dienone is 1. The van der Waals surface area contributed by atoms with Crippen LogP contribution in [0.5, 0.6) is 0 Å². The van der Waals surface area contributed by atoms with Crippen molar-refractivity contribution in [3.63, 3.8) is 0 Å². The van der Waals surface area contributed by atoms with Crippen molar-refractivity contribution < 1.29 is 19.7 Å². The molecule has 0 saturated heterocycles. The zero-order chi connectivity index (χ0) is 10.0. The molecule has 0 radical (unpaired) electrons. The SMILES string of the molecule is COC1C=C(F)C([NH3+])=CC1C(N)=O. The number of quaternary nitrogens is 1. The molecule has 72 valence electrons. The van der Waals surface area contributed by atoms with Crippen LogP contribution in [-0.2, 0) is 9.53 Å². The Hall–Kier alpha value is -1.20. The Labute approximate surface area is 75.0 Å². The molecule has 13 heavy (non-hydrogen) atoms. The largest absolute Gasteiger partial charge is 0.376 e. The summed E-state index contributed by atoms with van der Waals surface area (Å²) < 4.78 is 17.8. The van der Waals surface area contributed by atoms with Gasteiger partial charge in [0.05, 0.1) is 12.0 Å². The molecule has 0 aromatic rings. The van der Waals surface area contributed by atoms with Crippen LogP contribution >= 0.6 is 0 Å². The van der Waals surface area contributed by atoms with Crippen LogP contribution in [0.3, 0.4) is 0 Å². The maximum atomic E-state index is 12.9. The summed E-state index contributed by atoms with van der Waals surface area (Å²) in [6.07, 6.45) is 1.96. The fraction of sp³-hybridized carbons (Fsp3) is 0.375. The minimum absolute atomic E-state index is 0.178. The molecule has 5 N–H and O–H groups in total. The molecule has 0 aromatic heterocycles. The van der Waals surface area contributed by atoms with Crippen LogP contribution in [0.15, 0.2) is 23.7 Å². The van der Waals surface area contributed by atoms with Gasteiger partial charge < -0.3 is 16.2 Å². The van der Waals surface area contributed by atoms with Crippen LogP contribution in [0, 0.1) is 5.92 Å². The lowest BCUT2D eigenvalue weighted by Crippen LogP contribution is -2.50. The Bertz CT molecular complexity index is 286. The molecule has 2 atom stereocenters. The second-order valence-electron chi connectivity index (χ2n) is 2.83. The number of methoxy groups -OCH3 is 1. The van der Waals surface area contributed by atoms with Gasteiger partial charge in [-0.3, -0.25) is 4.79 Å². The number of hydrogen-bond donors (Lipinski definition) is 2. The Balaban J connectivity index is 2.93. The lowest BCUT2D eigenvalue weighted by Gasteiger charge is -2.20. The monoisotopic (exact) mass is 187 g/mol. The summed E-state index contributed by atoms with van der Waals surface area (Å²) in [6, 6.07) is 0. The molecule has 2 unspecified atom stereocenters. The topological polar surface area (TPSA) is 80.0 Å². The lowest BCUT2D eigenvalue weighted by atomic mass is 9.95. The summed E-state index contributed by atoms with van der Waals surface area (Å²) in [5.74, 6) is -1.64. The first kappa shape index (κ1) is 9.88. The lowest BCUT2D eigenvalue weighted by molar-refractivity contribution is -0.302. The van der Waals surface area contributed by atoms with Crippen molar-refractivity contribution >= 4 is 5.91 Å². The fourth-order valence-corrected chi connectivity index (χ4v) is 1.20. The van der Waals surface area contributed by atoms with E-state index in [4.69, 9.17) is 10.5 Å². The number of rotatable bonds is 2. The van der Waals surface area contributed by atoms with Gasteiger partial charge in [-0.1, -0.05) is 0 Å². The first-order valence-corrected chi connectivity index (χ1v) is 3.80. The van der Waals surface area contributed by atoms with Gasteiger partial charge in [-0.15, -0.1) is 0 Å². The van der Waals surface area contributed by atoms with E-state index >= 15 is 0 Å². The molecule has 1 amide bonds. The third kappa shape index (κ3) is 1.93. The summed E-state index contributed by atoms with van der Waals surface area (Å²) in [6.45, 7) is 0. The Morgan fingerprint density at radius 2 is 2.31 bits per heavy atom. The molecular weight excluding hydrogens is 175 g/mol. The zero-order valence-electron chi connectivity index (χ0n) is 7.29. The first-order valence-electron chi connectivity index (χ1n) is 3.80. The fourth-order valence-electron chi connectivity index (χ4n) is 1.20. The molecule has 0 bridgehead atoms. The Morgan fingerprint density at radius 3 is 2.77 bits per heavy atom. The number of ether oxygens (including phenoxy) is 1. The van der Waals surface area contributed by atoms with Crippen molar-refractivity contribution in [3.05, 3.63) is 23.7 Å². The van der Waals surface area contributed by atoms with E-state index in [2.05, 4.69) is 5.73 Å². The number of nitrogens with two attached hydrogens (primary N) is 1. The third-order valence-electron chi connectivity index (χ3n) is 1.95. The van der Waals surface area contributed by atoms with E-state index in [9.17, 15) is 9.18 Å². The van der Waals surface area contributed by atoms with Crippen molar-refractivity contribution in [2.75, 3.05) is 7.11 Å². The van der Waals surface area contributed by atoms with E-state index in [1.807, 2.05) is 0 Å². The maximum Gasteiger partial charge on any atom is 0.227 e. The van der Waals surface area contributed by atoms with Crippen molar-refractivity contribution in [3.8, 4) is 0 Å². The summed E-state index contributed by atoms with van der Waals surface area (Å²) in [5, 5.41) is 0. The number of primary amides is 1. The summed E-state index contributed by atoms with van der Waals surface area (Å²) >= 11 is 0. The van der Waals surface area contributed by atoms with E-state index in [-0.39, 0.29) is 5.70 Å². The number of halogens is 1. The van der Waals surface area contributed by atoms with E-state index in [1.54, 1.807) is 0 Å². The van der Waals surface area contributed by atoms with Crippen molar-refractivity contribution in [1.29, 1.82) is 0 Å². The molecule has 0 aliphatic heterocycles. The molecule has 0 spiro atoms. The van der Waals surface area contributed by atoms with E-state index in [0.29, 0.717) is 0 Å². The molecule has 0 fully saturated rings. The highest BCUT2D eigenvalue weighted by molar-refractivity contribution is 5.80. The van der Waals surface area contributed by atoms with Gasteiger partial charge in [0.1, 0.15) is 0 Å². The van der Waals surface area contributed by atoms with E-state index < -0.39 is 23.8 Å². The van der Waals surface area contributed by atoms with Gasteiger partial charge in [-0.05, 0) is 12.2 Å². The van der Waals surface area contributed by atoms with Gasteiger partial charge in [0.25, 0.3) is 0 Å². The van der Waals surface area contributed by atoms with Gasteiger partial charge in [-0.25, -0.2) is 4.39 Å². The van der Waals surface area contributed by atoms with Crippen LogP contribution in [0.25, 0.3) is 0 Å². The summed E-state index contributed by atoms with van der Waals surface area (Å²) in [7, 11) is 1.40. The van der Waals surface area contributed by atoms with E-state index in [1.165, 1.54) is 19.3 Å². The van der Waals surface area contributed by atoms with Gasteiger partial charge in [0.15, 0.2) is 11.5 Å². The molecule has 0 saturated carbocycles. The molecular formula is C8H12FN2O2+. The van der Waals surface area contributed by atoms with Gasteiger partial charge >= 0.3 is 0 Å². The maximum absolute atomic E-state index is 12.9. The van der Waals surface area contributed by atoms with Crippen LogP contribution in [0.1, 0.15) is 0 Å². The Morgan fingerprint density at radius 1 is 1.69 bits per heavy atom. The minimum atomic E-state index is -0.628. The number of amides is 1. The predicted octanol–water partition coefficient (Wildman–Crippen LogP) is -0.904.